The fourth-order valence-corrected chi connectivity index (χ4v) is 1.96. The predicted molar refractivity (Wildman–Crippen MR) is 71.4 cm³/mol. The van der Waals surface area contributed by atoms with Crippen molar-refractivity contribution in [3.8, 4) is 0 Å². The Bertz CT molecular complexity index is 379. The summed E-state index contributed by atoms with van der Waals surface area (Å²) in [6, 6.07) is 7.46. The fraction of sp³-hybridized carbons (Fsp3) is 0.462. The molecule has 0 saturated carbocycles. The number of thioether (sulfide) groups is 1. The Morgan fingerprint density at radius 1 is 1.41 bits per heavy atom. The zero-order valence-electron chi connectivity index (χ0n) is 10.4. The van der Waals surface area contributed by atoms with Gasteiger partial charge in [0.15, 0.2) is 0 Å². The van der Waals surface area contributed by atoms with Crippen LogP contribution in [0.25, 0.3) is 0 Å². The Labute approximate surface area is 107 Å². The number of hydrogen-bond donors (Lipinski definition) is 2. The molecule has 1 unspecified atom stereocenters. The van der Waals surface area contributed by atoms with Gasteiger partial charge >= 0.3 is 0 Å². The molecule has 0 radical (unpaired) electrons. The van der Waals surface area contributed by atoms with Crippen LogP contribution in [-0.4, -0.2) is 29.9 Å². The lowest BCUT2D eigenvalue weighted by Crippen LogP contribution is -2.34. The molecule has 1 aromatic rings. The van der Waals surface area contributed by atoms with Crippen molar-refractivity contribution in [2.45, 2.75) is 24.8 Å². The zero-order chi connectivity index (χ0) is 12.8. The van der Waals surface area contributed by atoms with Gasteiger partial charge in [0.2, 0.25) is 0 Å². The molecule has 0 aliphatic carbocycles. The zero-order valence-corrected chi connectivity index (χ0v) is 11.3. The molecule has 0 aliphatic rings. The van der Waals surface area contributed by atoms with E-state index in [4.69, 9.17) is 0 Å². The molecule has 1 aromatic carbocycles. The van der Waals surface area contributed by atoms with Crippen molar-refractivity contribution >= 4 is 17.7 Å². The molecular formula is C13H19NO2S. The number of benzene rings is 1. The normalized spacial score (nSPS) is 12.5. The fourth-order valence-electron chi connectivity index (χ4n) is 1.36. The molecule has 4 heteroatoms. The predicted octanol–water partition coefficient (Wildman–Crippen LogP) is 2.16. The Morgan fingerprint density at radius 2 is 2.06 bits per heavy atom. The van der Waals surface area contributed by atoms with Gasteiger partial charge in [-0.1, -0.05) is 26.0 Å². The third-order valence-electron chi connectivity index (χ3n) is 2.59. The summed E-state index contributed by atoms with van der Waals surface area (Å²) in [5, 5.41) is 12.4. The number of carbonyl (C=O) groups is 1. The van der Waals surface area contributed by atoms with Gasteiger partial charge in [0.05, 0.1) is 11.7 Å². The van der Waals surface area contributed by atoms with Gasteiger partial charge in [0.25, 0.3) is 5.91 Å². The maximum absolute atomic E-state index is 11.9. The lowest BCUT2D eigenvalue weighted by molar-refractivity contribution is 0.0869. The van der Waals surface area contributed by atoms with E-state index in [-0.39, 0.29) is 11.8 Å². The maximum atomic E-state index is 11.9. The molecule has 0 fully saturated rings. The van der Waals surface area contributed by atoms with Crippen LogP contribution in [0.2, 0.25) is 0 Å². The first-order valence-corrected chi connectivity index (χ1v) is 6.88. The average Bonchev–Trinajstić information content (AvgIpc) is 2.35. The van der Waals surface area contributed by atoms with E-state index in [0.29, 0.717) is 12.1 Å². The summed E-state index contributed by atoms with van der Waals surface area (Å²) >= 11 is 1.54. The number of carbonyl (C=O) groups excluding carboxylic acids is 1. The molecule has 2 N–H and O–H groups in total. The molecule has 1 rings (SSSR count). The van der Waals surface area contributed by atoms with Gasteiger partial charge in [-0.3, -0.25) is 4.79 Å². The quantitative estimate of drug-likeness (QED) is 0.791. The van der Waals surface area contributed by atoms with Crippen LogP contribution in [0.5, 0.6) is 0 Å². The summed E-state index contributed by atoms with van der Waals surface area (Å²) in [7, 11) is 0. The molecule has 3 nitrogen and oxygen atoms in total. The van der Waals surface area contributed by atoms with Crippen molar-refractivity contribution < 1.29 is 9.90 Å². The highest BCUT2D eigenvalue weighted by molar-refractivity contribution is 7.98. The van der Waals surface area contributed by atoms with E-state index in [1.54, 1.807) is 17.8 Å². The molecule has 1 amide bonds. The molecule has 0 saturated heterocycles. The SMILES string of the molecule is CSc1ccccc1C(=O)NCC(O)C(C)C. The number of aliphatic hydroxyl groups excluding tert-OH is 1. The molecular weight excluding hydrogens is 234 g/mol. The number of nitrogens with one attached hydrogen (secondary N) is 1. The lowest BCUT2D eigenvalue weighted by Gasteiger charge is -2.15. The number of hydrogen-bond acceptors (Lipinski definition) is 3. The largest absolute Gasteiger partial charge is 0.391 e. The molecule has 0 aliphatic heterocycles. The van der Waals surface area contributed by atoms with Gasteiger partial charge in [0.1, 0.15) is 0 Å². The maximum Gasteiger partial charge on any atom is 0.252 e. The number of amides is 1. The van der Waals surface area contributed by atoms with E-state index < -0.39 is 6.10 Å². The van der Waals surface area contributed by atoms with E-state index in [1.807, 2.05) is 38.3 Å². The topological polar surface area (TPSA) is 49.3 Å². The molecule has 94 valence electrons. The van der Waals surface area contributed by atoms with E-state index in [0.717, 1.165) is 4.90 Å². The van der Waals surface area contributed by atoms with E-state index in [9.17, 15) is 9.90 Å². The summed E-state index contributed by atoms with van der Waals surface area (Å²) in [6.45, 7) is 4.14. The van der Waals surface area contributed by atoms with Gasteiger partial charge in [-0.2, -0.15) is 0 Å². The average molecular weight is 253 g/mol. The highest BCUT2D eigenvalue weighted by Crippen LogP contribution is 2.19. The summed E-state index contributed by atoms with van der Waals surface area (Å²) in [5.74, 6) is 0.0146. The van der Waals surface area contributed by atoms with Crippen LogP contribution in [0.4, 0.5) is 0 Å². The minimum atomic E-state index is -0.500. The van der Waals surface area contributed by atoms with Crippen LogP contribution in [0.15, 0.2) is 29.2 Å². The van der Waals surface area contributed by atoms with Crippen molar-refractivity contribution in [3.05, 3.63) is 29.8 Å². The molecule has 0 spiro atoms. The van der Waals surface area contributed by atoms with Crippen LogP contribution in [0.3, 0.4) is 0 Å². The second-order valence-electron chi connectivity index (χ2n) is 4.22. The van der Waals surface area contributed by atoms with Gasteiger partial charge in [0, 0.05) is 11.4 Å². The van der Waals surface area contributed by atoms with Crippen molar-refractivity contribution in [3.63, 3.8) is 0 Å². The lowest BCUT2D eigenvalue weighted by atomic mass is 10.1. The van der Waals surface area contributed by atoms with Crippen LogP contribution in [-0.2, 0) is 0 Å². The minimum absolute atomic E-state index is 0.130. The number of aliphatic hydroxyl groups is 1. The smallest absolute Gasteiger partial charge is 0.252 e. The third kappa shape index (κ3) is 4.06. The van der Waals surface area contributed by atoms with Crippen LogP contribution < -0.4 is 5.32 Å². The second-order valence-corrected chi connectivity index (χ2v) is 5.07. The van der Waals surface area contributed by atoms with Gasteiger partial charge in [-0.05, 0) is 24.3 Å². The first-order chi connectivity index (χ1) is 8.06. The first-order valence-electron chi connectivity index (χ1n) is 5.65. The van der Waals surface area contributed by atoms with Gasteiger partial charge in [-0.15, -0.1) is 11.8 Å². The van der Waals surface area contributed by atoms with Crippen LogP contribution >= 0.6 is 11.8 Å². The third-order valence-corrected chi connectivity index (χ3v) is 3.39. The molecule has 0 heterocycles. The van der Waals surface area contributed by atoms with E-state index >= 15 is 0 Å². The first kappa shape index (κ1) is 14.1. The summed E-state index contributed by atoms with van der Waals surface area (Å²) in [4.78, 5) is 12.9. The molecule has 0 aromatic heterocycles. The standard InChI is InChI=1S/C13H19NO2S/c1-9(2)11(15)8-14-13(16)10-6-4-5-7-12(10)17-3/h4-7,9,11,15H,8H2,1-3H3,(H,14,16). The number of rotatable bonds is 5. The Balaban J connectivity index is 2.64. The van der Waals surface area contributed by atoms with Gasteiger partial charge in [-0.25, -0.2) is 0 Å². The minimum Gasteiger partial charge on any atom is -0.391 e. The van der Waals surface area contributed by atoms with E-state index in [2.05, 4.69) is 5.32 Å². The molecule has 17 heavy (non-hydrogen) atoms. The molecule has 0 bridgehead atoms. The summed E-state index contributed by atoms with van der Waals surface area (Å²) in [6.07, 6.45) is 1.44. The Kier molecular flexibility index (Phi) is 5.51. The summed E-state index contributed by atoms with van der Waals surface area (Å²) in [5.41, 5.74) is 0.663. The van der Waals surface area contributed by atoms with E-state index in [1.165, 1.54) is 0 Å². The van der Waals surface area contributed by atoms with Gasteiger partial charge < -0.3 is 10.4 Å². The Morgan fingerprint density at radius 3 is 2.65 bits per heavy atom. The van der Waals surface area contributed by atoms with Crippen LogP contribution in [0.1, 0.15) is 24.2 Å². The second kappa shape index (κ2) is 6.67. The molecule has 1 atom stereocenters. The van der Waals surface area contributed by atoms with Crippen molar-refractivity contribution in [1.29, 1.82) is 0 Å². The summed E-state index contributed by atoms with van der Waals surface area (Å²) < 4.78 is 0. The highest BCUT2D eigenvalue weighted by atomic mass is 32.2. The van der Waals surface area contributed by atoms with Crippen molar-refractivity contribution in [1.82, 2.24) is 5.32 Å². The monoisotopic (exact) mass is 253 g/mol. The van der Waals surface area contributed by atoms with Crippen molar-refractivity contribution in [2.75, 3.05) is 12.8 Å². The highest BCUT2D eigenvalue weighted by Gasteiger charge is 2.13. The van der Waals surface area contributed by atoms with Crippen LogP contribution in [0, 0.1) is 5.92 Å². The Hall–Kier alpha value is -1.00. The van der Waals surface area contributed by atoms with Crippen molar-refractivity contribution in [2.24, 2.45) is 5.92 Å².